The second kappa shape index (κ2) is 11.8. The topological polar surface area (TPSA) is 134 Å². The van der Waals surface area contributed by atoms with E-state index in [1.165, 1.54) is 7.05 Å². The molecule has 0 aromatic heterocycles. The fourth-order valence-electron chi connectivity index (χ4n) is 3.14. The Morgan fingerprint density at radius 2 is 1.30 bits per heavy atom. The van der Waals surface area contributed by atoms with Gasteiger partial charge in [0.25, 0.3) is 0 Å². The van der Waals surface area contributed by atoms with Crippen LogP contribution in [-0.4, -0.2) is 62.4 Å². The number of rotatable bonds is 10. The molecular weight excluding hydrogens is 432 g/mol. The molecule has 178 valence electrons. The van der Waals surface area contributed by atoms with E-state index in [9.17, 15) is 19.2 Å². The number of nitrogens with two attached hydrogens (primary N) is 1. The average Bonchev–Trinajstić information content (AvgIpc) is 2.90. The van der Waals surface area contributed by atoms with Crippen molar-refractivity contribution >= 4 is 29.5 Å². The Balaban J connectivity index is 2.36. The zero-order valence-corrected chi connectivity index (χ0v) is 19.1. The van der Waals surface area contributed by atoms with Crippen LogP contribution in [0.2, 0.25) is 0 Å². The Hall–Kier alpha value is -3.66. The van der Waals surface area contributed by atoms with Crippen molar-refractivity contribution < 1.29 is 38.2 Å². The summed E-state index contributed by atoms with van der Waals surface area (Å²) >= 11 is 0. The Morgan fingerprint density at radius 3 is 1.76 bits per heavy atom. The van der Waals surface area contributed by atoms with Gasteiger partial charge in [0.05, 0.1) is 43.1 Å². The van der Waals surface area contributed by atoms with Crippen LogP contribution in [-0.2, 0) is 35.1 Å². The van der Waals surface area contributed by atoms with E-state index in [2.05, 4.69) is 0 Å². The van der Waals surface area contributed by atoms with E-state index in [0.717, 1.165) is 5.06 Å². The van der Waals surface area contributed by atoms with Crippen LogP contribution >= 0.6 is 0 Å². The third-order valence-corrected chi connectivity index (χ3v) is 4.64. The highest BCUT2D eigenvalue weighted by molar-refractivity contribution is 6.15. The Labute approximate surface area is 191 Å². The lowest BCUT2D eigenvalue weighted by atomic mass is 10.1. The maximum absolute atomic E-state index is 12.5. The maximum atomic E-state index is 12.5. The van der Waals surface area contributed by atoms with Crippen molar-refractivity contribution in [1.29, 1.82) is 0 Å². The van der Waals surface area contributed by atoms with Crippen LogP contribution in [0.25, 0.3) is 11.1 Å². The van der Waals surface area contributed by atoms with Crippen LogP contribution in [0, 0.1) is 0 Å². The van der Waals surface area contributed by atoms with Crippen LogP contribution in [0.4, 0.5) is 5.69 Å². The van der Waals surface area contributed by atoms with Crippen molar-refractivity contribution in [2.45, 2.75) is 27.2 Å². The number of fused-ring (bicyclic) bond motifs is 1. The number of hydrogen-bond acceptors (Lipinski definition) is 9. The molecule has 0 saturated heterocycles. The number of nitrogens with zero attached hydrogens (tertiary/aromatic N) is 1. The minimum absolute atomic E-state index is 0.0159. The van der Waals surface area contributed by atoms with Crippen molar-refractivity contribution in [2.24, 2.45) is 0 Å². The first kappa shape index (κ1) is 25.6. The van der Waals surface area contributed by atoms with Gasteiger partial charge in [-0.25, -0.2) is 19.4 Å². The van der Waals surface area contributed by atoms with Gasteiger partial charge in [-0.2, -0.15) is 0 Å². The van der Waals surface area contributed by atoms with Crippen molar-refractivity contribution in [3.63, 3.8) is 0 Å². The zero-order chi connectivity index (χ0) is 24.5. The summed E-state index contributed by atoms with van der Waals surface area (Å²) < 4.78 is 15.0. The number of carbonyl (C=O) groups excluding carboxylic acids is 4. The third-order valence-electron chi connectivity index (χ3n) is 4.64. The summed E-state index contributed by atoms with van der Waals surface area (Å²) in [7, 11) is 1.39. The average molecular weight is 460 g/mol. The summed E-state index contributed by atoms with van der Waals surface area (Å²) in [5.41, 5.74) is 7.64. The highest BCUT2D eigenvalue weighted by Crippen LogP contribution is 2.39. The normalized spacial score (nSPS) is 10.5. The summed E-state index contributed by atoms with van der Waals surface area (Å²) in [6.45, 7) is 5.08. The second-order valence-electron chi connectivity index (χ2n) is 6.82. The molecule has 0 fully saturated rings. The molecule has 2 rings (SSSR count). The number of carbonyl (C=O) groups is 4. The molecule has 0 aromatic rings. The number of likely N-dealkylation sites (N-methyl/N-ethyl adjacent to an activating group) is 1. The van der Waals surface area contributed by atoms with Gasteiger partial charge < -0.3 is 19.9 Å². The SMILES string of the molecule is CCOC(=O)CON(C)C(=O)Cc1ccc2c(C(=O)OCC)c(N)c(C(=O)OCC)c-2cc1. The van der Waals surface area contributed by atoms with Crippen molar-refractivity contribution in [3.05, 3.63) is 41.0 Å². The quantitative estimate of drug-likeness (QED) is 0.322. The first-order valence-corrected chi connectivity index (χ1v) is 10.5. The van der Waals surface area contributed by atoms with Gasteiger partial charge in [0, 0.05) is 7.05 Å². The fraction of sp³-hybridized carbons (Fsp3) is 0.391. The molecule has 33 heavy (non-hydrogen) atoms. The van der Waals surface area contributed by atoms with Crippen molar-refractivity contribution in [1.82, 2.24) is 5.06 Å². The first-order valence-electron chi connectivity index (χ1n) is 10.5. The molecule has 0 bridgehead atoms. The lowest BCUT2D eigenvalue weighted by Crippen LogP contribution is -2.31. The molecule has 0 aliphatic heterocycles. The molecule has 2 aliphatic carbocycles. The number of hydrogen-bond donors (Lipinski definition) is 1. The van der Waals surface area contributed by atoms with Crippen LogP contribution in [0.3, 0.4) is 0 Å². The fourth-order valence-corrected chi connectivity index (χ4v) is 3.14. The molecule has 1 amide bonds. The molecule has 0 heterocycles. The summed E-state index contributed by atoms with van der Waals surface area (Å²) in [5, 5.41) is 0.954. The molecule has 2 N–H and O–H groups in total. The van der Waals surface area contributed by atoms with E-state index >= 15 is 0 Å². The lowest BCUT2D eigenvalue weighted by Gasteiger charge is -2.15. The largest absolute Gasteiger partial charge is 0.464 e. The number of nitrogen functional groups attached to an aromatic ring is 1. The van der Waals surface area contributed by atoms with Crippen LogP contribution in [0.1, 0.15) is 47.1 Å². The minimum atomic E-state index is -0.661. The van der Waals surface area contributed by atoms with Gasteiger partial charge in [-0.3, -0.25) is 9.63 Å². The van der Waals surface area contributed by atoms with Crippen molar-refractivity contribution in [2.75, 3.05) is 39.2 Å². The Bertz CT molecular complexity index is 949. The molecule has 0 saturated carbocycles. The number of ether oxygens (including phenoxy) is 3. The van der Waals surface area contributed by atoms with Gasteiger partial charge in [-0.05, 0) is 37.5 Å². The molecular formula is C23H28N2O8. The molecule has 0 atom stereocenters. The summed E-state index contributed by atoms with van der Waals surface area (Å²) in [6, 6.07) is 6.47. The van der Waals surface area contributed by atoms with Crippen molar-refractivity contribution in [3.8, 4) is 11.1 Å². The third kappa shape index (κ3) is 6.19. The Kier molecular flexibility index (Phi) is 9.17. The standard InChI is InChI=1S/C23H28N2O8/c1-5-30-18(27)13-33-25(4)17(26)12-14-8-10-15-16(11-9-14)20(23(29)32-7-3)21(24)19(15)22(28)31-6-2/h8-11H,5-7,12-13,24H2,1-4H3. The molecule has 10 heteroatoms. The van der Waals surface area contributed by atoms with Gasteiger partial charge in [0.15, 0.2) is 6.61 Å². The highest BCUT2D eigenvalue weighted by atomic mass is 16.7. The monoisotopic (exact) mass is 460 g/mol. The molecule has 2 aliphatic rings. The van der Waals surface area contributed by atoms with E-state index in [4.69, 9.17) is 24.8 Å². The zero-order valence-electron chi connectivity index (χ0n) is 19.1. The highest BCUT2D eigenvalue weighted by Gasteiger charge is 2.30. The number of anilines is 1. The predicted octanol–water partition coefficient (Wildman–Crippen LogP) is 2.22. The number of amides is 1. The maximum Gasteiger partial charge on any atom is 0.340 e. The molecule has 0 spiro atoms. The molecule has 0 radical (unpaired) electrons. The van der Waals surface area contributed by atoms with E-state index in [0.29, 0.717) is 16.7 Å². The van der Waals surface area contributed by atoms with Gasteiger partial charge in [0.1, 0.15) is 0 Å². The summed E-state index contributed by atoms with van der Waals surface area (Å²) in [4.78, 5) is 54.0. The van der Waals surface area contributed by atoms with Crippen LogP contribution in [0.5, 0.6) is 0 Å². The summed E-state index contributed by atoms with van der Waals surface area (Å²) in [6.07, 6.45) is -0.0600. The molecule has 10 nitrogen and oxygen atoms in total. The van der Waals surface area contributed by atoms with Gasteiger partial charge >= 0.3 is 17.9 Å². The van der Waals surface area contributed by atoms with E-state index in [1.807, 2.05) is 0 Å². The van der Waals surface area contributed by atoms with Gasteiger partial charge in [0.2, 0.25) is 5.91 Å². The van der Waals surface area contributed by atoms with E-state index in [1.54, 1.807) is 45.0 Å². The predicted molar refractivity (Wildman–Crippen MR) is 118 cm³/mol. The first-order chi connectivity index (χ1) is 15.7. The minimum Gasteiger partial charge on any atom is -0.464 e. The van der Waals surface area contributed by atoms with E-state index < -0.39 is 30.4 Å². The van der Waals surface area contributed by atoms with Crippen LogP contribution in [0.15, 0.2) is 24.3 Å². The Morgan fingerprint density at radius 1 is 0.818 bits per heavy atom. The second-order valence-corrected chi connectivity index (χ2v) is 6.82. The number of esters is 3. The van der Waals surface area contributed by atoms with Gasteiger partial charge in [-0.1, -0.05) is 24.3 Å². The van der Waals surface area contributed by atoms with E-state index in [-0.39, 0.29) is 43.1 Å². The van der Waals surface area contributed by atoms with Gasteiger partial charge in [-0.15, -0.1) is 0 Å². The summed E-state index contributed by atoms with van der Waals surface area (Å²) in [5.74, 6) is -2.32. The molecule has 0 unspecified atom stereocenters. The van der Waals surface area contributed by atoms with Crippen LogP contribution < -0.4 is 5.73 Å². The number of hydroxylamine groups is 2. The lowest BCUT2D eigenvalue weighted by molar-refractivity contribution is -0.187. The smallest absolute Gasteiger partial charge is 0.340 e. The molecule has 0 aromatic carbocycles.